The minimum atomic E-state index is -0.718. The van der Waals surface area contributed by atoms with Crippen LogP contribution in [0.2, 0.25) is 0 Å². The fraction of sp³-hybridized carbons (Fsp3) is 0.258. The number of carbonyl (C=O) groups is 5. The Hall–Kier alpha value is -3.91. The summed E-state index contributed by atoms with van der Waals surface area (Å²) in [5.74, 6) is -3.89. The van der Waals surface area contributed by atoms with Crippen LogP contribution in [0.25, 0.3) is 0 Å². The summed E-state index contributed by atoms with van der Waals surface area (Å²) in [4.78, 5) is 67.1. The highest BCUT2D eigenvalue weighted by molar-refractivity contribution is 9.10. The van der Waals surface area contributed by atoms with Gasteiger partial charge in [0.25, 0.3) is 0 Å². The number of phenols is 1. The monoisotopic (exact) mass is 585 g/mol. The van der Waals surface area contributed by atoms with Crippen molar-refractivity contribution in [2.75, 3.05) is 4.90 Å². The van der Waals surface area contributed by atoms with Gasteiger partial charge in [-0.2, -0.15) is 0 Å². The molecular weight excluding hydrogens is 562 g/mol. The summed E-state index contributed by atoms with van der Waals surface area (Å²) in [6.07, 6.45) is 3.71. The molecule has 0 unspecified atom stereocenters. The van der Waals surface area contributed by atoms with E-state index in [4.69, 9.17) is 0 Å². The van der Waals surface area contributed by atoms with Crippen LogP contribution >= 0.6 is 15.9 Å². The first-order chi connectivity index (χ1) is 18.6. The van der Waals surface area contributed by atoms with E-state index < -0.39 is 23.7 Å². The summed E-state index contributed by atoms with van der Waals surface area (Å²) < 4.78 is 0.697. The molecule has 196 valence electrons. The number of nitrogens with zero attached hydrogens (tertiary/aromatic N) is 1. The van der Waals surface area contributed by atoms with Gasteiger partial charge in [0, 0.05) is 38.2 Å². The highest BCUT2D eigenvalue weighted by atomic mass is 79.9. The second kappa shape index (κ2) is 9.09. The third kappa shape index (κ3) is 3.80. The number of hydrogen-bond donors (Lipinski definition) is 1. The molecule has 7 nitrogen and oxygen atoms in total. The highest BCUT2D eigenvalue weighted by Crippen LogP contribution is 2.56. The van der Waals surface area contributed by atoms with E-state index in [-0.39, 0.29) is 41.3 Å². The number of imide groups is 1. The Morgan fingerprint density at radius 2 is 1.72 bits per heavy atom. The van der Waals surface area contributed by atoms with Gasteiger partial charge in [-0.25, -0.2) is 0 Å². The molecule has 0 saturated carbocycles. The molecule has 0 spiro atoms. The second-order valence-corrected chi connectivity index (χ2v) is 11.5. The second-order valence-electron chi connectivity index (χ2n) is 10.5. The number of hydrogen-bond acceptors (Lipinski definition) is 6. The highest BCUT2D eigenvalue weighted by Gasteiger charge is 2.56. The van der Waals surface area contributed by atoms with Crippen LogP contribution in [0.4, 0.5) is 5.69 Å². The van der Waals surface area contributed by atoms with E-state index in [1.807, 2.05) is 6.08 Å². The Morgan fingerprint density at radius 1 is 1.00 bits per heavy atom. The quantitative estimate of drug-likeness (QED) is 0.235. The average molecular weight is 586 g/mol. The molecule has 4 atom stereocenters. The zero-order valence-electron chi connectivity index (χ0n) is 21.2. The molecule has 1 heterocycles. The first-order valence-corrected chi connectivity index (χ1v) is 13.5. The van der Waals surface area contributed by atoms with Crippen molar-refractivity contribution < 1.29 is 29.1 Å². The minimum Gasteiger partial charge on any atom is -0.508 e. The van der Waals surface area contributed by atoms with Crippen LogP contribution in [0.5, 0.6) is 5.75 Å². The number of aromatic hydroxyl groups is 1. The summed E-state index contributed by atoms with van der Waals surface area (Å²) in [6.45, 7) is 3.05. The predicted octanol–water partition coefficient (Wildman–Crippen LogP) is 4.99. The van der Waals surface area contributed by atoms with Crippen molar-refractivity contribution in [3.05, 3.63) is 92.5 Å². The van der Waals surface area contributed by atoms with E-state index in [0.717, 1.165) is 5.57 Å². The summed E-state index contributed by atoms with van der Waals surface area (Å²) in [5, 5.41) is 10.9. The van der Waals surface area contributed by atoms with Gasteiger partial charge in [-0.15, -0.1) is 0 Å². The Labute approximate surface area is 233 Å². The maximum Gasteiger partial charge on any atom is 0.238 e. The van der Waals surface area contributed by atoms with Gasteiger partial charge in [-0.05, 0) is 81.1 Å². The fourth-order valence-electron chi connectivity index (χ4n) is 6.57. The first-order valence-electron chi connectivity index (χ1n) is 12.8. The smallest absolute Gasteiger partial charge is 0.238 e. The number of Topliss-reactive ketones (excluding diaryl/α,β-unsaturated/α-hetero) is 2. The molecule has 2 aromatic carbocycles. The van der Waals surface area contributed by atoms with Crippen LogP contribution in [0.15, 0.2) is 81.4 Å². The molecule has 6 rings (SSSR count). The lowest BCUT2D eigenvalue weighted by atomic mass is 9.59. The van der Waals surface area contributed by atoms with Gasteiger partial charge in [-0.1, -0.05) is 27.6 Å². The van der Waals surface area contributed by atoms with E-state index in [2.05, 4.69) is 15.9 Å². The van der Waals surface area contributed by atoms with E-state index in [0.29, 0.717) is 44.4 Å². The maximum atomic E-state index is 13.9. The van der Waals surface area contributed by atoms with Crippen molar-refractivity contribution in [2.45, 2.75) is 32.6 Å². The molecule has 0 bridgehead atoms. The Bertz CT molecular complexity index is 1610. The zero-order chi connectivity index (χ0) is 27.7. The van der Waals surface area contributed by atoms with Gasteiger partial charge in [-0.3, -0.25) is 28.9 Å². The van der Waals surface area contributed by atoms with Crippen molar-refractivity contribution in [1.82, 2.24) is 0 Å². The van der Waals surface area contributed by atoms with Crippen LogP contribution in [-0.2, 0) is 19.2 Å². The van der Waals surface area contributed by atoms with Crippen LogP contribution < -0.4 is 4.90 Å². The van der Waals surface area contributed by atoms with Crippen molar-refractivity contribution in [3.8, 4) is 5.75 Å². The third-order valence-corrected chi connectivity index (χ3v) is 8.89. The van der Waals surface area contributed by atoms with Gasteiger partial charge in [0.05, 0.1) is 17.5 Å². The molecule has 8 heteroatoms. The molecule has 1 saturated heterocycles. The normalized spacial score (nSPS) is 26.2. The molecule has 0 aromatic heterocycles. The van der Waals surface area contributed by atoms with Gasteiger partial charge >= 0.3 is 0 Å². The van der Waals surface area contributed by atoms with Crippen LogP contribution in [0, 0.1) is 17.8 Å². The van der Waals surface area contributed by atoms with Crippen molar-refractivity contribution >= 4 is 50.8 Å². The Morgan fingerprint density at radius 3 is 2.41 bits per heavy atom. The lowest BCUT2D eigenvalue weighted by Crippen LogP contribution is -2.39. The molecule has 39 heavy (non-hydrogen) atoms. The summed E-state index contributed by atoms with van der Waals surface area (Å²) in [5.41, 5.74) is 3.12. The van der Waals surface area contributed by atoms with E-state index in [1.165, 1.54) is 24.0 Å². The molecule has 0 radical (unpaired) electrons. The number of anilines is 1. The Kier molecular flexibility index (Phi) is 5.91. The number of carbonyl (C=O) groups excluding carboxylic acids is 5. The number of ketones is 3. The van der Waals surface area contributed by atoms with Crippen molar-refractivity contribution in [2.24, 2.45) is 17.8 Å². The average Bonchev–Trinajstić information content (AvgIpc) is 3.17. The van der Waals surface area contributed by atoms with Crippen LogP contribution in [0.3, 0.4) is 0 Å². The zero-order valence-corrected chi connectivity index (χ0v) is 22.8. The van der Waals surface area contributed by atoms with Crippen LogP contribution in [-0.4, -0.2) is 34.3 Å². The number of halogens is 1. The largest absolute Gasteiger partial charge is 0.508 e. The first kappa shape index (κ1) is 25.4. The summed E-state index contributed by atoms with van der Waals surface area (Å²) >= 11 is 3.45. The number of amides is 2. The van der Waals surface area contributed by atoms with Gasteiger partial charge in [0.2, 0.25) is 11.8 Å². The standard InChI is InChI=1S/C31H24BrNO6/c1-14-11-25(36)23-13-21-19(26(28(23)29(14)37)22-12-17(32)5-10-24(22)35)8-9-20-27(21)31(39)33(30(20)38)18-6-3-16(4-7-18)15(2)34/h3-8,10-12,20-21,26-27,35H,9,13H2,1-2H3/t20-,21+,26+,27-/m0/s1. The van der Waals surface area contributed by atoms with Gasteiger partial charge in [0.1, 0.15) is 5.75 Å². The molecule has 1 aliphatic heterocycles. The molecule has 1 N–H and O–H groups in total. The third-order valence-electron chi connectivity index (χ3n) is 8.40. The van der Waals surface area contributed by atoms with Gasteiger partial charge < -0.3 is 5.11 Å². The van der Waals surface area contributed by atoms with Crippen LogP contribution in [0.1, 0.15) is 48.5 Å². The molecule has 2 amide bonds. The lowest BCUT2D eigenvalue weighted by Gasteiger charge is -2.42. The van der Waals surface area contributed by atoms with E-state index in [1.54, 1.807) is 43.3 Å². The maximum absolute atomic E-state index is 13.9. The number of rotatable bonds is 3. The number of fused-ring (bicyclic) bond motifs is 3. The molecule has 3 aliphatic carbocycles. The van der Waals surface area contributed by atoms with E-state index >= 15 is 0 Å². The number of phenolic OH excluding ortho intramolecular Hbond substituents is 1. The fourth-order valence-corrected chi connectivity index (χ4v) is 6.95. The summed E-state index contributed by atoms with van der Waals surface area (Å²) in [6, 6.07) is 11.3. The topological polar surface area (TPSA) is 109 Å². The summed E-state index contributed by atoms with van der Waals surface area (Å²) in [7, 11) is 0. The molecular formula is C31H24BrNO6. The SMILES string of the molecule is CC(=O)c1ccc(N2C(=O)[C@H]3[C@H](CC=C4[C@H](c5cc(Br)ccc5O)C5=C(C[C@H]43)C(=O)C=C(C)C5=O)C2=O)cc1. The van der Waals surface area contributed by atoms with E-state index in [9.17, 15) is 29.1 Å². The van der Waals surface area contributed by atoms with Crippen molar-refractivity contribution in [3.63, 3.8) is 0 Å². The van der Waals surface area contributed by atoms with Crippen molar-refractivity contribution in [1.29, 1.82) is 0 Å². The molecule has 4 aliphatic rings. The predicted molar refractivity (Wildman–Crippen MR) is 146 cm³/mol. The Balaban J connectivity index is 1.47. The lowest BCUT2D eigenvalue weighted by molar-refractivity contribution is -0.123. The minimum absolute atomic E-state index is 0.0211. The number of benzene rings is 2. The molecule has 2 aromatic rings. The number of allylic oxidation sites excluding steroid dienone is 6. The molecule has 1 fully saturated rings. The van der Waals surface area contributed by atoms with Gasteiger partial charge in [0.15, 0.2) is 17.3 Å².